The second-order valence-corrected chi connectivity index (χ2v) is 5.31. The first kappa shape index (κ1) is 17.9. The highest BCUT2D eigenvalue weighted by molar-refractivity contribution is 5.67. The third kappa shape index (κ3) is 4.94. The lowest BCUT2D eigenvalue weighted by Crippen LogP contribution is -2.64. The molecule has 0 aromatic carbocycles. The topological polar surface area (TPSA) is 96.3 Å². The summed E-state index contributed by atoms with van der Waals surface area (Å²) in [5, 5.41) is 19.8. The predicted octanol–water partition coefficient (Wildman–Crippen LogP) is -0.313. The van der Waals surface area contributed by atoms with Crippen LogP contribution in [0.1, 0.15) is 33.6 Å². The van der Waals surface area contributed by atoms with Crippen molar-refractivity contribution in [1.29, 1.82) is 0 Å². The standard InChI is InChI=1S/C14H25NO6/c1-4-5-6-15-7-12(19)14(21-10(3)18)13(11(15)8-16)20-9(2)17/h11-14,16,19H,4-8H2,1-3H3/t11-,12+,13-,14-/m1/s1. The number of carbonyl (C=O) groups is 2. The highest BCUT2D eigenvalue weighted by Gasteiger charge is 2.46. The van der Waals surface area contributed by atoms with Gasteiger partial charge in [-0.05, 0) is 13.0 Å². The quantitative estimate of drug-likeness (QED) is 0.650. The first-order valence-corrected chi connectivity index (χ1v) is 7.28. The zero-order valence-corrected chi connectivity index (χ0v) is 12.8. The molecule has 0 radical (unpaired) electrons. The Morgan fingerprint density at radius 2 is 1.76 bits per heavy atom. The Bertz CT molecular complexity index is 361. The lowest BCUT2D eigenvalue weighted by molar-refractivity contribution is -0.198. The molecule has 1 heterocycles. The van der Waals surface area contributed by atoms with E-state index in [4.69, 9.17) is 9.47 Å². The summed E-state index contributed by atoms with van der Waals surface area (Å²) in [4.78, 5) is 24.4. The van der Waals surface area contributed by atoms with Crippen molar-refractivity contribution in [3.63, 3.8) is 0 Å². The molecule has 4 atom stereocenters. The van der Waals surface area contributed by atoms with E-state index in [0.717, 1.165) is 12.8 Å². The second kappa shape index (κ2) is 8.31. The van der Waals surface area contributed by atoms with Crippen molar-refractivity contribution in [3.05, 3.63) is 0 Å². The fourth-order valence-corrected chi connectivity index (χ4v) is 2.64. The first-order valence-electron chi connectivity index (χ1n) is 7.28. The van der Waals surface area contributed by atoms with Crippen LogP contribution in [0.15, 0.2) is 0 Å². The van der Waals surface area contributed by atoms with Crippen LogP contribution in [-0.2, 0) is 19.1 Å². The molecule has 1 saturated heterocycles. The number of carbonyl (C=O) groups excluding carboxylic acids is 2. The lowest BCUT2D eigenvalue weighted by Gasteiger charge is -2.45. The van der Waals surface area contributed by atoms with Gasteiger partial charge in [-0.2, -0.15) is 0 Å². The Labute approximate surface area is 124 Å². The molecule has 0 spiro atoms. The van der Waals surface area contributed by atoms with E-state index >= 15 is 0 Å². The Balaban J connectivity index is 2.94. The van der Waals surface area contributed by atoms with Crippen LogP contribution in [0.5, 0.6) is 0 Å². The number of esters is 2. The minimum absolute atomic E-state index is 0.244. The van der Waals surface area contributed by atoms with Crippen molar-refractivity contribution in [2.75, 3.05) is 19.7 Å². The molecule has 0 aromatic rings. The molecule has 21 heavy (non-hydrogen) atoms. The minimum atomic E-state index is -0.960. The molecular weight excluding hydrogens is 278 g/mol. The molecule has 122 valence electrons. The Hall–Kier alpha value is -1.18. The fourth-order valence-electron chi connectivity index (χ4n) is 2.64. The molecule has 1 aliphatic heterocycles. The summed E-state index contributed by atoms with van der Waals surface area (Å²) in [6, 6.07) is -0.492. The van der Waals surface area contributed by atoms with Crippen LogP contribution < -0.4 is 0 Å². The van der Waals surface area contributed by atoms with E-state index < -0.39 is 36.3 Å². The van der Waals surface area contributed by atoms with E-state index in [1.165, 1.54) is 13.8 Å². The number of ether oxygens (including phenoxy) is 2. The van der Waals surface area contributed by atoms with E-state index in [9.17, 15) is 19.8 Å². The Kier molecular flexibility index (Phi) is 7.07. The van der Waals surface area contributed by atoms with Gasteiger partial charge in [0.1, 0.15) is 6.10 Å². The van der Waals surface area contributed by atoms with Crippen molar-refractivity contribution < 1.29 is 29.3 Å². The van der Waals surface area contributed by atoms with E-state index in [-0.39, 0.29) is 13.2 Å². The average molecular weight is 303 g/mol. The molecule has 7 heteroatoms. The number of rotatable bonds is 6. The van der Waals surface area contributed by atoms with Crippen LogP contribution >= 0.6 is 0 Å². The maximum Gasteiger partial charge on any atom is 0.303 e. The number of likely N-dealkylation sites (tertiary alicyclic amines) is 1. The number of hydrogen-bond donors (Lipinski definition) is 2. The van der Waals surface area contributed by atoms with Gasteiger partial charge >= 0.3 is 11.9 Å². The summed E-state index contributed by atoms with van der Waals surface area (Å²) in [7, 11) is 0. The monoisotopic (exact) mass is 303 g/mol. The van der Waals surface area contributed by atoms with Gasteiger partial charge in [-0.25, -0.2) is 0 Å². The number of aliphatic hydroxyl groups excluding tert-OH is 2. The van der Waals surface area contributed by atoms with Gasteiger partial charge in [-0.1, -0.05) is 13.3 Å². The van der Waals surface area contributed by atoms with E-state index in [0.29, 0.717) is 6.54 Å². The Morgan fingerprint density at radius 3 is 2.24 bits per heavy atom. The smallest absolute Gasteiger partial charge is 0.303 e. The molecule has 0 amide bonds. The summed E-state index contributed by atoms with van der Waals surface area (Å²) >= 11 is 0. The van der Waals surface area contributed by atoms with E-state index in [2.05, 4.69) is 0 Å². The number of unbranched alkanes of at least 4 members (excludes halogenated alkanes) is 1. The molecular formula is C14H25NO6. The zero-order valence-electron chi connectivity index (χ0n) is 12.8. The molecule has 1 fully saturated rings. The van der Waals surface area contributed by atoms with Crippen molar-refractivity contribution in [3.8, 4) is 0 Å². The molecule has 2 N–H and O–H groups in total. The molecule has 0 saturated carbocycles. The van der Waals surface area contributed by atoms with E-state index in [1.54, 1.807) is 0 Å². The van der Waals surface area contributed by atoms with Gasteiger partial charge in [0.2, 0.25) is 0 Å². The largest absolute Gasteiger partial charge is 0.457 e. The van der Waals surface area contributed by atoms with Crippen LogP contribution in [0.3, 0.4) is 0 Å². The molecule has 1 aliphatic rings. The van der Waals surface area contributed by atoms with Gasteiger partial charge < -0.3 is 19.7 Å². The van der Waals surface area contributed by atoms with Crippen molar-refractivity contribution in [1.82, 2.24) is 4.90 Å². The number of aliphatic hydroxyl groups is 2. The first-order chi connectivity index (χ1) is 9.90. The SMILES string of the molecule is CCCCN1C[C@H](O)[C@@H](OC(C)=O)[C@H](OC(C)=O)[C@H]1CO. The number of nitrogens with zero attached hydrogens (tertiary/aromatic N) is 1. The van der Waals surface area contributed by atoms with Gasteiger partial charge in [-0.15, -0.1) is 0 Å². The second-order valence-electron chi connectivity index (χ2n) is 5.31. The van der Waals surface area contributed by atoms with Gasteiger partial charge in [-0.3, -0.25) is 14.5 Å². The minimum Gasteiger partial charge on any atom is -0.457 e. The molecule has 0 aliphatic carbocycles. The zero-order chi connectivity index (χ0) is 16.0. The van der Waals surface area contributed by atoms with Gasteiger partial charge in [0.05, 0.1) is 12.6 Å². The van der Waals surface area contributed by atoms with Crippen molar-refractivity contribution in [2.24, 2.45) is 0 Å². The lowest BCUT2D eigenvalue weighted by atomic mass is 9.93. The van der Waals surface area contributed by atoms with Crippen molar-refractivity contribution >= 4 is 11.9 Å². The van der Waals surface area contributed by atoms with Crippen molar-refractivity contribution in [2.45, 2.75) is 58.0 Å². The van der Waals surface area contributed by atoms with Crippen LogP contribution in [-0.4, -0.2) is 71.1 Å². The summed E-state index contributed by atoms with van der Waals surface area (Å²) in [5.74, 6) is -1.10. The fraction of sp³-hybridized carbons (Fsp3) is 0.857. The molecule has 0 bridgehead atoms. The van der Waals surface area contributed by atoms with Crippen LogP contribution in [0.25, 0.3) is 0 Å². The number of β-amino-alcohol motifs (C(OH)–C–C–N with tert-alkyl or cyclic N) is 1. The predicted molar refractivity (Wildman–Crippen MR) is 74.5 cm³/mol. The number of hydrogen-bond acceptors (Lipinski definition) is 7. The summed E-state index contributed by atoms with van der Waals surface area (Å²) in [6.45, 7) is 5.21. The molecule has 1 rings (SSSR count). The van der Waals surface area contributed by atoms with Gasteiger partial charge in [0.15, 0.2) is 12.2 Å². The number of piperidine rings is 1. The highest BCUT2D eigenvalue weighted by atomic mass is 16.6. The summed E-state index contributed by atoms with van der Waals surface area (Å²) in [5.41, 5.74) is 0. The molecule has 7 nitrogen and oxygen atoms in total. The van der Waals surface area contributed by atoms with Gasteiger partial charge in [0.25, 0.3) is 0 Å². The van der Waals surface area contributed by atoms with Gasteiger partial charge in [0, 0.05) is 20.4 Å². The highest BCUT2D eigenvalue weighted by Crippen LogP contribution is 2.25. The maximum absolute atomic E-state index is 11.3. The summed E-state index contributed by atoms with van der Waals surface area (Å²) in [6.07, 6.45) is -0.929. The average Bonchev–Trinajstić information content (AvgIpc) is 2.39. The Morgan fingerprint density at radius 1 is 1.19 bits per heavy atom. The molecule has 0 aromatic heterocycles. The summed E-state index contributed by atoms with van der Waals surface area (Å²) < 4.78 is 10.3. The normalized spacial score (nSPS) is 30.0. The van der Waals surface area contributed by atoms with Crippen LogP contribution in [0, 0.1) is 0 Å². The van der Waals surface area contributed by atoms with Crippen LogP contribution in [0.4, 0.5) is 0 Å². The maximum atomic E-state index is 11.3. The third-order valence-corrected chi connectivity index (χ3v) is 3.56. The van der Waals surface area contributed by atoms with Crippen LogP contribution in [0.2, 0.25) is 0 Å². The molecule has 0 unspecified atom stereocenters. The third-order valence-electron chi connectivity index (χ3n) is 3.56. The van der Waals surface area contributed by atoms with E-state index in [1.807, 2.05) is 11.8 Å².